The van der Waals surface area contributed by atoms with E-state index in [9.17, 15) is 18.4 Å². The quantitative estimate of drug-likeness (QED) is 0.405. The second-order valence-electron chi connectivity index (χ2n) is 10.8. The SMILES string of the molecule is C=CC(F)(F)c1nc2ccccc2nc1O[C@H]1CN(C(=O)OC(C)(C)C)[C@H](C(=O)OC(C)(C)C)[C@@H]1C. The summed E-state index contributed by atoms with van der Waals surface area (Å²) < 4.78 is 46.6. The maximum atomic E-state index is 14.8. The third-order valence-corrected chi connectivity index (χ3v) is 5.45. The first-order valence-corrected chi connectivity index (χ1v) is 11.7. The zero-order valence-electron chi connectivity index (χ0n) is 21.7. The van der Waals surface area contributed by atoms with E-state index in [1.165, 1.54) is 4.90 Å². The van der Waals surface area contributed by atoms with Gasteiger partial charge in [0.05, 0.1) is 17.6 Å². The zero-order chi connectivity index (χ0) is 27.1. The number of benzene rings is 1. The third kappa shape index (κ3) is 6.09. The molecule has 1 fully saturated rings. The fourth-order valence-electron chi connectivity index (χ4n) is 3.84. The molecule has 196 valence electrons. The van der Waals surface area contributed by atoms with Crippen LogP contribution in [0.2, 0.25) is 0 Å². The summed E-state index contributed by atoms with van der Waals surface area (Å²) in [6.45, 7) is 15.0. The highest BCUT2D eigenvalue weighted by Crippen LogP contribution is 2.37. The summed E-state index contributed by atoms with van der Waals surface area (Å²) in [5.74, 6) is -5.20. The molecule has 1 amide bonds. The number of aromatic nitrogens is 2. The van der Waals surface area contributed by atoms with Gasteiger partial charge in [-0.25, -0.2) is 19.6 Å². The van der Waals surface area contributed by atoms with Gasteiger partial charge in [-0.3, -0.25) is 4.90 Å². The molecular formula is C26H33F2N3O5. The van der Waals surface area contributed by atoms with Crippen molar-refractivity contribution in [1.29, 1.82) is 0 Å². The minimum atomic E-state index is -3.52. The zero-order valence-corrected chi connectivity index (χ0v) is 21.7. The lowest BCUT2D eigenvalue weighted by Gasteiger charge is -2.30. The van der Waals surface area contributed by atoms with E-state index < -0.39 is 58.8 Å². The predicted molar refractivity (Wildman–Crippen MR) is 130 cm³/mol. The lowest BCUT2D eigenvalue weighted by molar-refractivity contribution is -0.161. The maximum Gasteiger partial charge on any atom is 0.411 e. The molecule has 0 saturated carbocycles. The van der Waals surface area contributed by atoms with E-state index in [4.69, 9.17) is 14.2 Å². The Bertz CT molecular complexity index is 1160. The Morgan fingerprint density at radius 2 is 1.58 bits per heavy atom. The summed E-state index contributed by atoms with van der Waals surface area (Å²) in [4.78, 5) is 35.7. The van der Waals surface area contributed by atoms with Crippen LogP contribution in [-0.2, 0) is 20.2 Å². The van der Waals surface area contributed by atoms with Crippen LogP contribution in [0.25, 0.3) is 11.0 Å². The molecule has 3 atom stereocenters. The van der Waals surface area contributed by atoms with Crippen LogP contribution in [-0.4, -0.2) is 56.8 Å². The van der Waals surface area contributed by atoms with Gasteiger partial charge < -0.3 is 14.2 Å². The Kier molecular flexibility index (Phi) is 7.30. The van der Waals surface area contributed by atoms with E-state index in [0.29, 0.717) is 11.6 Å². The first kappa shape index (κ1) is 27.3. The Morgan fingerprint density at radius 1 is 1.03 bits per heavy atom. The van der Waals surface area contributed by atoms with Gasteiger partial charge in [-0.15, -0.1) is 0 Å². The monoisotopic (exact) mass is 505 g/mol. The van der Waals surface area contributed by atoms with Crippen molar-refractivity contribution in [2.75, 3.05) is 6.54 Å². The summed E-state index contributed by atoms with van der Waals surface area (Å²) in [7, 11) is 0. The van der Waals surface area contributed by atoms with Crippen LogP contribution in [0.5, 0.6) is 5.88 Å². The largest absolute Gasteiger partial charge is 0.471 e. The number of fused-ring (bicyclic) bond motifs is 1. The number of rotatable bonds is 5. The van der Waals surface area contributed by atoms with Gasteiger partial charge in [0.25, 0.3) is 0 Å². The number of alkyl halides is 2. The first-order chi connectivity index (χ1) is 16.5. The average Bonchev–Trinajstić information content (AvgIpc) is 3.07. The van der Waals surface area contributed by atoms with Crippen molar-refractivity contribution in [3.05, 3.63) is 42.6 Å². The number of ether oxygens (including phenoxy) is 3. The van der Waals surface area contributed by atoms with Crippen molar-refractivity contribution in [2.24, 2.45) is 5.92 Å². The number of carbonyl (C=O) groups is 2. The van der Waals surface area contributed by atoms with Gasteiger partial charge in [-0.05, 0) is 59.8 Å². The van der Waals surface area contributed by atoms with Crippen LogP contribution in [0.15, 0.2) is 36.9 Å². The van der Waals surface area contributed by atoms with Crippen LogP contribution in [0.1, 0.15) is 54.2 Å². The molecule has 0 unspecified atom stereocenters. The first-order valence-electron chi connectivity index (χ1n) is 11.7. The van der Waals surface area contributed by atoms with Crippen molar-refractivity contribution in [1.82, 2.24) is 14.9 Å². The Labute approximate surface area is 209 Å². The number of likely N-dealkylation sites (tertiary alicyclic amines) is 1. The molecule has 36 heavy (non-hydrogen) atoms. The van der Waals surface area contributed by atoms with E-state index in [-0.39, 0.29) is 12.1 Å². The third-order valence-electron chi connectivity index (χ3n) is 5.45. The Morgan fingerprint density at radius 3 is 2.11 bits per heavy atom. The number of hydrogen-bond acceptors (Lipinski definition) is 7. The molecule has 0 aliphatic carbocycles. The lowest BCUT2D eigenvalue weighted by Crippen LogP contribution is -2.47. The van der Waals surface area contributed by atoms with Crippen molar-refractivity contribution >= 4 is 23.1 Å². The number of esters is 1. The summed E-state index contributed by atoms with van der Waals surface area (Å²) in [5, 5.41) is 0. The second-order valence-corrected chi connectivity index (χ2v) is 10.8. The van der Waals surface area contributed by atoms with Crippen molar-refractivity contribution in [3.8, 4) is 5.88 Å². The number of hydrogen-bond donors (Lipinski definition) is 0. The molecule has 10 heteroatoms. The van der Waals surface area contributed by atoms with E-state index in [0.717, 1.165) is 0 Å². The van der Waals surface area contributed by atoms with Crippen LogP contribution in [0, 0.1) is 5.92 Å². The molecule has 0 radical (unpaired) electrons. The highest BCUT2D eigenvalue weighted by Gasteiger charge is 2.50. The fraction of sp³-hybridized carbons (Fsp3) is 0.538. The molecule has 1 aromatic heterocycles. The molecule has 1 aliphatic rings. The Hall–Kier alpha value is -3.30. The van der Waals surface area contributed by atoms with Crippen molar-refractivity contribution < 1.29 is 32.6 Å². The van der Waals surface area contributed by atoms with Gasteiger partial charge in [0.15, 0.2) is 5.69 Å². The minimum Gasteiger partial charge on any atom is -0.471 e. The van der Waals surface area contributed by atoms with Gasteiger partial charge in [-0.1, -0.05) is 25.6 Å². The number of amides is 1. The summed E-state index contributed by atoms with van der Waals surface area (Å²) in [6.07, 6.45) is -1.14. The van der Waals surface area contributed by atoms with Gasteiger partial charge >= 0.3 is 18.0 Å². The van der Waals surface area contributed by atoms with E-state index in [2.05, 4.69) is 16.5 Å². The molecule has 3 rings (SSSR count). The molecule has 2 aromatic rings. The highest BCUT2D eigenvalue weighted by molar-refractivity contribution is 5.83. The predicted octanol–water partition coefficient (Wildman–Crippen LogP) is 5.25. The molecule has 1 aromatic carbocycles. The number of para-hydroxylation sites is 2. The molecule has 0 bridgehead atoms. The van der Waals surface area contributed by atoms with E-state index >= 15 is 0 Å². The number of halogens is 2. The fourth-order valence-corrected chi connectivity index (χ4v) is 3.84. The number of allylic oxidation sites excluding steroid dienone is 1. The lowest BCUT2D eigenvalue weighted by atomic mass is 10.00. The maximum absolute atomic E-state index is 14.8. The summed E-state index contributed by atoms with van der Waals surface area (Å²) in [6, 6.07) is 5.50. The topological polar surface area (TPSA) is 90.9 Å². The molecule has 0 spiro atoms. The standard InChI is InChI=1S/C26H33F2N3O5/c1-9-26(27,28)20-21(30-17-13-11-10-12-16(17)29-20)34-18-14-31(23(33)36-25(6,7)8)19(15(18)2)22(32)35-24(3,4)5/h9-13,15,18-19H,1,14H2,2-8H3/t15-,18+,19+/m1/s1. The normalized spacial score (nSPS) is 20.8. The average molecular weight is 506 g/mol. The molecule has 1 aliphatic heterocycles. The van der Waals surface area contributed by atoms with E-state index in [1.807, 2.05) is 0 Å². The minimum absolute atomic E-state index is 0.104. The van der Waals surface area contributed by atoms with Crippen molar-refractivity contribution in [3.63, 3.8) is 0 Å². The van der Waals surface area contributed by atoms with Gasteiger partial charge in [0, 0.05) is 5.92 Å². The van der Waals surface area contributed by atoms with Gasteiger partial charge in [0.1, 0.15) is 23.3 Å². The molecule has 1 saturated heterocycles. The van der Waals surface area contributed by atoms with E-state index in [1.54, 1.807) is 72.7 Å². The molecule has 2 heterocycles. The van der Waals surface area contributed by atoms with Crippen LogP contribution >= 0.6 is 0 Å². The molecular weight excluding hydrogens is 472 g/mol. The van der Waals surface area contributed by atoms with Crippen LogP contribution in [0.4, 0.5) is 13.6 Å². The van der Waals surface area contributed by atoms with Crippen LogP contribution in [0.3, 0.4) is 0 Å². The van der Waals surface area contributed by atoms with Gasteiger partial charge in [-0.2, -0.15) is 8.78 Å². The summed E-state index contributed by atoms with van der Waals surface area (Å²) >= 11 is 0. The number of nitrogens with zero attached hydrogens (tertiary/aromatic N) is 3. The van der Waals surface area contributed by atoms with Crippen LogP contribution < -0.4 is 4.74 Å². The number of carbonyl (C=O) groups excluding carboxylic acids is 2. The highest BCUT2D eigenvalue weighted by atomic mass is 19.3. The summed E-state index contributed by atoms with van der Waals surface area (Å²) in [5.41, 5.74) is -1.70. The second kappa shape index (κ2) is 9.63. The molecule has 8 nitrogen and oxygen atoms in total. The van der Waals surface area contributed by atoms with Crippen molar-refractivity contribution in [2.45, 2.75) is 77.7 Å². The molecule has 0 N–H and O–H groups in total. The van der Waals surface area contributed by atoms with Gasteiger partial charge in [0.2, 0.25) is 5.88 Å². The smallest absolute Gasteiger partial charge is 0.411 e. The Balaban J connectivity index is 2.01.